The van der Waals surface area contributed by atoms with Crippen LogP contribution in [0.25, 0.3) is 11.0 Å². The van der Waals surface area contributed by atoms with Crippen molar-refractivity contribution in [2.24, 2.45) is 0 Å². The Balaban J connectivity index is 1.83. The van der Waals surface area contributed by atoms with E-state index in [9.17, 15) is 9.59 Å². The first-order valence-electron chi connectivity index (χ1n) is 8.29. The monoisotopic (exact) mass is 516 g/mol. The van der Waals surface area contributed by atoms with Crippen molar-refractivity contribution in [3.05, 3.63) is 90.1 Å². The first-order chi connectivity index (χ1) is 13.5. The topological polar surface area (TPSA) is 63.4 Å². The van der Waals surface area contributed by atoms with Gasteiger partial charge in [0.15, 0.2) is 10.6 Å². The Morgan fingerprint density at radius 3 is 2.50 bits per heavy atom. The number of rotatable bonds is 2. The number of thiazole rings is 1. The van der Waals surface area contributed by atoms with Crippen LogP contribution in [0.4, 0.5) is 5.13 Å². The van der Waals surface area contributed by atoms with Crippen LogP contribution in [0.2, 0.25) is 0 Å². The zero-order chi connectivity index (χ0) is 19.4. The average Bonchev–Trinajstić information content (AvgIpc) is 3.30. The first-order valence-corrected chi connectivity index (χ1v) is 10.8. The number of nitrogens with zero attached hydrogens (tertiary/aromatic N) is 2. The molecule has 2 aromatic heterocycles. The summed E-state index contributed by atoms with van der Waals surface area (Å²) in [4.78, 5) is 32.5. The molecule has 138 valence electrons. The van der Waals surface area contributed by atoms with Crippen LogP contribution >= 0.6 is 43.2 Å². The Bertz CT molecular complexity index is 1280. The third-order valence-electron chi connectivity index (χ3n) is 4.64. The predicted octanol–water partition coefficient (Wildman–Crippen LogP) is 5.52. The number of amides is 1. The van der Waals surface area contributed by atoms with Crippen molar-refractivity contribution in [2.45, 2.75) is 6.04 Å². The number of carbonyl (C=O) groups excluding carboxylic acids is 1. The van der Waals surface area contributed by atoms with Crippen LogP contribution in [0, 0.1) is 0 Å². The number of anilines is 1. The second-order valence-corrected chi connectivity index (χ2v) is 8.96. The molecule has 5 rings (SSSR count). The molecule has 28 heavy (non-hydrogen) atoms. The molecular formula is C20H10Br2N2O3S. The largest absolute Gasteiger partial charge is 0.450 e. The highest BCUT2D eigenvalue weighted by Gasteiger charge is 2.44. The number of hydrogen-bond acceptors (Lipinski definition) is 5. The van der Waals surface area contributed by atoms with Crippen molar-refractivity contribution in [1.82, 2.24) is 4.98 Å². The molecule has 0 saturated heterocycles. The molecule has 0 spiro atoms. The van der Waals surface area contributed by atoms with E-state index in [1.807, 2.05) is 24.3 Å². The van der Waals surface area contributed by atoms with Crippen molar-refractivity contribution >= 4 is 65.2 Å². The summed E-state index contributed by atoms with van der Waals surface area (Å²) in [5.41, 5.74) is 1.33. The molecule has 4 aromatic rings. The lowest BCUT2D eigenvalue weighted by Crippen LogP contribution is -2.29. The van der Waals surface area contributed by atoms with E-state index in [1.165, 1.54) is 16.2 Å². The van der Waals surface area contributed by atoms with Gasteiger partial charge in [-0.1, -0.05) is 44.0 Å². The summed E-state index contributed by atoms with van der Waals surface area (Å²) in [6, 6.07) is 12.1. The molecule has 0 fully saturated rings. The Hall–Kier alpha value is -2.29. The number of hydrogen-bond donors (Lipinski definition) is 0. The number of aromatic nitrogens is 1. The van der Waals surface area contributed by atoms with E-state index in [2.05, 4.69) is 36.8 Å². The Labute approximate surface area is 179 Å². The van der Waals surface area contributed by atoms with Crippen LogP contribution in [0.1, 0.15) is 27.7 Å². The van der Waals surface area contributed by atoms with Crippen LogP contribution in [-0.4, -0.2) is 10.9 Å². The number of carbonyl (C=O) groups is 1. The van der Waals surface area contributed by atoms with Gasteiger partial charge >= 0.3 is 0 Å². The van der Waals surface area contributed by atoms with Crippen molar-refractivity contribution < 1.29 is 9.21 Å². The molecule has 0 radical (unpaired) electrons. The molecule has 0 bridgehead atoms. The molecule has 0 aliphatic carbocycles. The number of fused-ring (bicyclic) bond motifs is 2. The highest BCUT2D eigenvalue weighted by molar-refractivity contribution is 9.10. The lowest BCUT2D eigenvalue weighted by Gasteiger charge is -2.22. The zero-order valence-corrected chi connectivity index (χ0v) is 18.0. The highest BCUT2D eigenvalue weighted by atomic mass is 79.9. The van der Waals surface area contributed by atoms with E-state index < -0.39 is 6.04 Å². The smallest absolute Gasteiger partial charge is 0.297 e. The van der Waals surface area contributed by atoms with Crippen LogP contribution in [0.15, 0.2) is 72.2 Å². The minimum Gasteiger partial charge on any atom is -0.450 e. The minimum absolute atomic E-state index is 0.0722. The maximum Gasteiger partial charge on any atom is 0.297 e. The minimum atomic E-state index is -0.596. The molecular weight excluding hydrogens is 508 g/mol. The summed E-state index contributed by atoms with van der Waals surface area (Å²) >= 11 is 8.17. The summed E-state index contributed by atoms with van der Waals surface area (Å²) in [7, 11) is 0. The summed E-state index contributed by atoms with van der Waals surface area (Å²) in [6.07, 6.45) is 1.64. The zero-order valence-electron chi connectivity index (χ0n) is 14.1. The highest BCUT2D eigenvalue weighted by Crippen LogP contribution is 2.42. The van der Waals surface area contributed by atoms with E-state index in [0.29, 0.717) is 21.7 Å². The molecule has 8 heteroatoms. The standard InChI is InChI=1S/C20H10Br2N2O3S/c21-11-3-1-10(2-4-11)16-15-17(25)13-9-12(22)5-6-14(13)27-18(15)19(26)24(16)20-23-7-8-28-20/h1-9,16H. The van der Waals surface area contributed by atoms with Crippen LogP contribution in [0.3, 0.4) is 0 Å². The van der Waals surface area contributed by atoms with Gasteiger partial charge in [-0.25, -0.2) is 4.98 Å². The fourth-order valence-electron chi connectivity index (χ4n) is 3.44. The van der Waals surface area contributed by atoms with Gasteiger partial charge in [-0.2, -0.15) is 0 Å². The molecule has 0 N–H and O–H groups in total. The molecule has 3 heterocycles. The van der Waals surface area contributed by atoms with Gasteiger partial charge in [0.1, 0.15) is 5.58 Å². The van der Waals surface area contributed by atoms with Gasteiger partial charge in [-0.3, -0.25) is 14.5 Å². The molecule has 1 atom stereocenters. The van der Waals surface area contributed by atoms with Crippen molar-refractivity contribution in [3.8, 4) is 0 Å². The maximum atomic E-state index is 13.4. The lowest BCUT2D eigenvalue weighted by atomic mass is 9.99. The van der Waals surface area contributed by atoms with Crippen LogP contribution in [0.5, 0.6) is 0 Å². The first kappa shape index (κ1) is 17.8. The van der Waals surface area contributed by atoms with E-state index >= 15 is 0 Å². The van der Waals surface area contributed by atoms with Gasteiger partial charge in [-0.15, -0.1) is 11.3 Å². The molecule has 1 aliphatic heterocycles. The third-order valence-corrected chi connectivity index (χ3v) is 6.44. The van der Waals surface area contributed by atoms with E-state index in [0.717, 1.165) is 14.5 Å². The van der Waals surface area contributed by atoms with Gasteiger partial charge in [0.05, 0.1) is 17.0 Å². The van der Waals surface area contributed by atoms with Gasteiger partial charge in [0.25, 0.3) is 5.91 Å². The van der Waals surface area contributed by atoms with Crippen molar-refractivity contribution in [3.63, 3.8) is 0 Å². The fourth-order valence-corrected chi connectivity index (χ4v) is 4.73. The second-order valence-electron chi connectivity index (χ2n) is 6.26. The van der Waals surface area contributed by atoms with Gasteiger partial charge < -0.3 is 4.42 Å². The lowest BCUT2D eigenvalue weighted by molar-refractivity contribution is 0.0971. The Morgan fingerprint density at radius 1 is 1.04 bits per heavy atom. The van der Waals surface area contributed by atoms with E-state index in [-0.39, 0.29) is 17.1 Å². The van der Waals surface area contributed by atoms with Crippen molar-refractivity contribution in [1.29, 1.82) is 0 Å². The Kier molecular flexibility index (Phi) is 4.22. The predicted molar refractivity (Wildman–Crippen MR) is 115 cm³/mol. The van der Waals surface area contributed by atoms with Gasteiger partial charge in [0, 0.05) is 20.5 Å². The third kappa shape index (κ3) is 2.67. The summed E-state index contributed by atoms with van der Waals surface area (Å²) < 4.78 is 7.60. The van der Waals surface area contributed by atoms with E-state index in [1.54, 1.807) is 29.8 Å². The summed E-state index contributed by atoms with van der Waals surface area (Å²) in [5.74, 6) is -0.289. The summed E-state index contributed by atoms with van der Waals surface area (Å²) in [6.45, 7) is 0. The number of benzene rings is 2. The average molecular weight is 518 g/mol. The SMILES string of the molecule is O=C1c2oc3ccc(Br)cc3c(=O)c2C(c2ccc(Br)cc2)N1c1nccs1. The van der Waals surface area contributed by atoms with Crippen molar-refractivity contribution in [2.75, 3.05) is 4.90 Å². The van der Waals surface area contributed by atoms with Gasteiger partial charge in [0.2, 0.25) is 5.76 Å². The number of halogens is 2. The molecule has 2 aromatic carbocycles. The molecule has 5 nitrogen and oxygen atoms in total. The Morgan fingerprint density at radius 2 is 1.79 bits per heavy atom. The van der Waals surface area contributed by atoms with Gasteiger partial charge in [-0.05, 0) is 35.9 Å². The molecule has 0 saturated carbocycles. The molecule has 1 aliphatic rings. The second kappa shape index (κ2) is 6.65. The van der Waals surface area contributed by atoms with Crippen LogP contribution in [-0.2, 0) is 0 Å². The van der Waals surface area contributed by atoms with Crippen LogP contribution < -0.4 is 10.3 Å². The molecule has 1 amide bonds. The maximum absolute atomic E-state index is 13.4. The fraction of sp³-hybridized carbons (Fsp3) is 0.0500. The van der Waals surface area contributed by atoms with E-state index in [4.69, 9.17) is 4.42 Å². The molecule has 1 unspecified atom stereocenters. The quantitative estimate of drug-likeness (QED) is 0.351. The normalized spacial score (nSPS) is 16.0. The summed E-state index contributed by atoms with van der Waals surface area (Å²) in [5, 5.41) is 2.76.